The number of nitrogens with zero attached hydrogens (tertiary/aromatic N) is 2. The zero-order valence-corrected chi connectivity index (χ0v) is 15.8. The number of rotatable bonds is 7. The Balaban J connectivity index is 1.72. The first-order chi connectivity index (χ1) is 13.5. The van der Waals surface area contributed by atoms with Crippen LogP contribution in [-0.4, -0.2) is 33.9 Å². The predicted octanol–water partition coefficient (Wildman–Crippen LogP) is 3.23. The van der Waals surface area contributed by atoms with Gasteiger partial charge in [0.25, 0.3) is 0 Å². The number of hydrogen-bond donors (Lipinski definition) is 2. The van der Waals surface area contributed by atoms with E-state index in [2.05, 4.69) is 10.4 Å². The summed E-state index contributed by atoms with van der Waals surface area (Å²) in [6, 6.07) is 15.6. The van der Waals surface area contributed by atoms with Gasteiger partial charge in [-0.3, -0.25) is 4.79 Å². The number of nitrogens with one attached hydrogen (secondary N) is 1. The van der Waals surface area contributed by atoms with Gasteiger partial charge < -0.3 is 15.2 Å². The number of hydrogen-bond acceptors (Lipinski definition) is 4. The Bertz CT molecular complexity index is 999. The van der Waals surface area contributed by atoms with Crippen molar-refractivity contribution in [3.63, 3.8) is 0 Å². The summed E-state index contributed by atoms with van der Waals surface area (Å²) in [5, 5.41) is 17.0. The van der Waals surface area contributed by atoms with Crippen LogP contribution < -0.4 is 10.1 Å². The van der Waals surface area contributed by atoms with Crippen LogP contribution in [0.2, 0.25) is 5.02 Å². The van der Waals surface area contributed by atoms with Gasteiger partial charge in [-0.15, -0.1) is 0 Å². The normalized spacial score (nSPS) is 10.5. The smallest absolute Gasteiger partial charge is 0.354 e. The Labute approximate surface area is 166 Å². The van der Waals surface area contributed by atoms with E-state index in [1.807, 2.05) is 24.3 Å². The first-order valence-corrected chi connectivity index (χ1v) is 8.81. The fourth-order valence-corrected chi connectivity index (χ4v) is 2.77. The molecule has 144 valence electrons. The highest BCUT2D eigenvalue weighted by atomic mass is 35.5. The van der Waals surface area contributed by atoms with Gasteiger partial charge in [0.2, 0.25) is 5.91 Å². The van der Waals surface area contributed by atoms with Crippen molar-refractivity contribution < 1.29 is 19.4 Å². The summed E-state index contributed by atoms with van der Waals surface area (Å²) < 4.78 is 6.32. The summed E-state index contributed by atoms with van der Waals surface area (Å²) in [6.07, 6.45) is 0. The van der Waals surface area contributed by atoms with Crippen molar-refractivity contribution in [2.24, 2.45) is 0 Å². The number of carboxylic acids is 1. The molecule has 0 aliphatic carbocycles. The minimum absolute atomic E-state index is 0.0681. The molecule has 0 spiro atoms. The number of carbonyl (C=O) groups is 2. The van der Waals surface area contributed by atoms with E-state index in [0.717, 1.165) is 5.56 Å². The van der Waals surface area contributed by atoms with Crippen LogP contribution in [-0.2, 0) is 17.9 Å². The van der Waals surface area contributed by atoms with Crippen molar-refractivity contribution in [3.05, 3.63) is 70.9 Å². The molecule has 28 heavy (non-hydrogen) atoms. The number of carbonyl (C=O) groups excluding carboxylic acids is 1. The average molecular weight is 400 g/mol. The molecular formula is C20H18ClN3O4. The van der Waals surface area contributed by atoms with Crippen LogP contribution in [0.25, 0.3) is 11.3 Å². The molecule has 7 nitrogen and oxygen atoms in total. The van der Waals surface area contributed by atoms with Gasteiger partial charge in [-0.05, 0) is 35.9 Å². The third-order valence-corrected chi connectivity index (χ3v) is 4.31. The summed E-state index contributed by atoms with van der Waals surface area (Å²) >= 11 is 5.88. The molecule has 0 aliphatic heterocycles. The molecule has 0 atom stereocenters. The third kappa shape index (κ3) is 4.69. The molecule has 3 aromatic rings. The van der Waals surface area contributed by atoms with Gasteiger partial charge in [-0.1, -0.05) is 35.9 Å². The molecule has 0 fully saturated rings. The molecule has 0 saturated carbocycles. The van der Waals surface area contributed by atoms with Crippen molar-refractivity contribution in [2.75, 3.05) is 7.11 Å². The van der Waals surface area contributed by atoms with Gasteiger partial charge in [0.1, 0.15) is 18.0 Å². The van der Waals surface area contributed by atoms with Crippen LogP contribution in [0.5, 0.6) is 5.75 Å². The van der Waals surface area contributed by atoms with E-state index in [1.165, 1.54) is 10.7 Å². The molecule has 1 aromatic heterocycles. The standard InChI is InChI=1S/C20H18ClN3O4/c1-28-16-4-2-3-13(9-16)11-22-19(25)12-24-18(20(26)27)10-17(23-24)14-5-7-15(21)8-6-14/h2-10H,11-12H2,1H3,(H,22,25)(H,26,27). The van der Waals surface area contributed by atoms with E-state index in [-0.39, 0.29) is 18.1 Å². The average Bonchev–Trinajstić information content (AvgIpc) is 3.11. The fraction of sp³-hybridized carbons (Fsp3) is 0.150. The van der Waals surface area contributed by atoms with E-state index in [4.69, 9.17) is 16.3 Å². The molecule has 0 bridgehead atoms. The number of aromatic carboxylic acids is 1. The van der Waals surface area contributed by atoms with Gasteiger partial charge in [0.05, 0.1) is 12.8 Å². The zero-order valence-electron chi connectivity index (χ0n) is 15.1. The van der Waals surface area contributed by atoms with Crippen LogP contribution >= 0.6 is 11.6 Å². The van der Waals surface area contributed by atoms with Crippen LogP contribution in [0.1, 0.15) is 16.1 Å². The topological polar surface area (TPSA) is 93.5 Å². The second kappa shape index (κ2) is 8.58. The minimum atomic E-state index is -1.16. The summed E-state index contributed by atoms with van der Waals surface area (Å²) in [4.78, 5) is 23.8. The fourth-order valence-electron chi connectivity index (χ4n) is 2.65. The molecule has 1 heterocycles. The number of methoxy groups -OCH3 is 1. The Morgan fingerprint density at radius 1 is 1.18 bits per heavy atom. The molecule has 0 unspecified atom stereocenters. The van der Waals surface area contributed by atoms with Gasteiger partial charge in [-0.25, -0.2) is 9.48 Å². The van der Waals surface area contributed by atoms with Crippen molar-refractivity contribution >= 4 is 23.5 Å². The summed E-state index contributed by atoms with van der Waals surface area (Å²) in [6.45, 7) is 0.0862. The van der Waals surface area contributed by atoms with Gasteiger partial charge >= 0.3 is 5.97 Å². The molecule has 0 radical (unpaired) electrons. The Morgan fingerprint density at radius 2 is 1.93 bits per heavy atom. The maximum Gasteiger partial charge on any atom is 0.354 e. The molecular weight excluding hydrogens is 382 g/mol. The van der Waals surface area contributed by atoms with Gasteiger partial charge in [-0.2, -0.15) is 5.10 Å². The van der Waals surface area contributed by atoms with E-state index in [1.54, 1.807) is 31.4 Å². The minimum Gasteiger partial charge on any atom is -0.497 e. The number of carboxylic acid groups (broad SMARTS) is 1. The Kier molecular flexibility index (Phi) is 5.96. The molecule has 8 heteroatoms. The van der Waals surface area contributed by atoms with E-state index < -0.39 is 5.97 Å². The predicted molar refractivity (Wildman–Crippen MR) is 104 cm³/mol. The zero-order chi connectivity index (χ0) is 20.1. The van der Waals surface area contributed by atoms with E-state index in [9.17, 15) is 14.7 Å². The lowest BCUT2D eigenvalue weighted by Crippen LogP contribution is -2.28. The quantitative estimate of drug-likeness (QED) is 0.636. The lowest BCUT2D eigenvalue weighted by molar-refractivity contribution is -0.122. The molecule has 0 saturated heterocycles. The molecule has 2 aromatic carbocycles. The van der Waals surface area contributed by atoms with Crippen LogP contribution in [0.4, 0.5) is 0 Å². The highest BCUT2D eigenvalue weighted by Crippen LogP contribution is 2.21. The monoisotopic (exact) mass is 399 g/mol. The van der Waals surface area contributed by atoms with Crippen molar-refractivity contribution in [2.45, 2.75) is 13.1 Å². The SMILES string of the molecule is COc1cccc(CNC(=O)Cn2nc(-c3ccc(Cl)cc3)cc2C(=O)O)c1. The first-order valence-electron chi connectivity index (χ1n) is 8.43. The number of amides is 1. The molecule has 3 rings (SSSR count). The number of aromatic nitrogens is 2. The van der Waals surface area contributed by atoms with Crippen molar-refractivity contribution in [1.29, 1.82) is 0 Å². The highest BCUT2D eigenvalue weighted by molar-refractivity contribution is 6.30. The summed E-state index contributed by atoms with van der Waals surface area (Å²) in [7, 11) is 1.57. The molecule has 0 aliphatic rings. The Hall–Kier alpha value is -3.32. The van der Waals surface area contributed by atoms with Crippen molar-refractivity contribution in [3.8, 4) is 17.0 Å². The Morgan fingerprint density at radius 3 is 2.61 bits per heavy atom. The second-order valence-electron chi connectivity index (χ2n) is 6.01. The van der Waals surface area contributed by atoms with Gasteiger partial charge in [0, 0.05) is 17.1 Å². The molecule has 1 amide bonds. The van der Waals surface area contributed by atoms with Crippen molar-refractivity contribution in [1.82, 2.24) is 15.1 Å². The summed E-state index contributed by atoms with van der Waals surface area (Å²) in [5.74, 6) is -0.816. The lowest BCUT2D eigenvalue weighted by atomic mass is 10.1. The maximum atomic E-state index is 12.3. The molecule has 2 N–H and O–H groups in total. The van der Waals surface area contributed by atoms with Crippen LogP contribution in [0.3, 0.4) is 0 Å². The first kappa shape index (κ1) is 19.4. The second-order valence-corrected chi connectivity index (χ2v) is 6.45. The van der Waals surface area contributed by atoms with E-state index >= 15 is 0 Å². The largest absolute Gasteiger partial charge is 0.497 e. The number of halogens is 1. The number of ether oxygens (including phenoxy) is 1. The van der Waals surface area contributed by atoms with Gasteiger partial charge in [0.15, 0.2) is 0 Å². The highest BCUT2D eigenvalue weighted by Gasteiger charge is 2.17. The van der Waals surface area contributed by atoms with Crippen LogP contribution in [0.15, 0.2) is 54.6 Å². The third-order valence-electron chi connectivity index (χ3n) is 4.06. The lowest BCUT2D eigenvalue weighted by Gasteiger charge is -2.08. The summed E-state index contributed by atoms with van der Waals surface area (Å²) in [5.41, 5.74) is 1.96. The van der Waals surface area contributed by atoms with Crippen LogP contribution in [0, 0.1) is 0 Å². The van der Waals surface area contributed by atoms with E-state index in [0.29, 0.717) is 28.6 Å². The number of benzene rings is 2. The maximum absolute atomic E-state index is 12.3.